The number of aromatic nitrogens is 1. The van der Waals surface area contributed by atoms with E-state index >= 15 is 0 Å². The fourth-order valence-corrected chi connectivity index (χ4v) is 2.24. The quantitative estimate of drug-likeness (QED) is 0.598. The molecular formula is C14H9ClFN. The van der Waals surface area contributed by atoms with Crippen LogP contribution in [0.3, 0.4) is 0 Å². The normalized spacial score (nSPS) is 10.9. The smallest absolute Gasteiger partial charge is 0.123 e. The molecule has 3 aromatic rings. The number of hydrogen-bond acceptors (Lipinski definition) is 0. The Labute approximate surface area is 103 Å². The van der Waals surface area contributed by atoms with Gasteiger partial charge in [-0.05, 0) is 36.4 Å². The van der Waals surface area contributed by atoms with E-state index in [9.17, 15) is 4.39 Å². The molecule has 0 aliphatic carbocycles. The second-order valence-electron chi connectivity index (χ2n) is 3.84. The first kappa shape index (κ1) is 10.4. The molecule has 0 saturated heterocycles. The molecule has 3 rings (SSSR count). The third-order valence-electron chi connectivity index (χ3n) is 2.77. The van der Waals surface area contributed by atoms with Gasteiger partial charge in [0.2, 0.25) is 0 Å². The molecule has 0 spiro atoms. The van der Waals surface area contributed by atoms with E-state index in [0.29, 0.717) is 5.02 Å². The van der Waals surface area contributed by atoms with Gasteiger partial charge in [-0.25, -0.2) is 4.39 Å². The zero-order valence-corrected chi connectivity index (χ0v) is 9.66. The van der Waals surface area contributed by atoms with Crippen molar-refractivity contribution in [1.82, 2.24) is 4.57 Å². The van der Waals surface area contributed by atoms with Crippen molar-refractivity contribution in [2.24, 2.45) is 0 Å². The molecule has 0 bridgehead atoms. The van der Waals surface area contributed by atoms with Crippen molar-refractivity contribution in [3.05, 3.63) is 65.6 Å². The summed E-state index contributed by atoms with van der Waals surface area (Å²) in [6, 6.07) is 14.1. The third-order valence-corrected chi connectivity index (χ3v) is 3.07. The summed E-state index contributed by atoms with van der Waals surface area (Å²) in [5.41, 5.74) is 1.84. The summed E-state index contributed by atoms with van der Waals surface area (Å²) in [6.45, 7) is 0. The molecule has 0 atom stereocenters. The van der Waals surface area contributed by atoms with Gasteiger partial charge in [0.25, 0.3) is 0 Å². The largest absolute Gasteiger partial charge is 0.315 e. The Balaban J connectivity index is 2.27. The molecule has 1 heterocycles. The standard InChI is InChI=1S/C14H9ClFN/c15-13-3-1-2-10-8-9-17(14(10)13)12-6-4-11(16)5-7-12/h1-9H. The molecule has 17 heavy (non-hydrogen) atoms. The van der Waals surface area contributed by atoms with Gasteiger partial charge in [-0.1, -0.05) is 23.7 Å². The molecule has 0 radical (unpaired) electrons. The highest BCUT2D eigenvalue weighted by Crippen LogP contribution is 2.27. The zero-order chi connectivity index (χ0) is 11.8. The second-order valence-corrected chi connectivity index (χ2v) is 4.25. The van der Waals surface area contributed by atoms with E-state index in [1.165, 1.54) is 12.1 Å². The summed E-state index contributed by atoms with van der Waals surface area (Å²) < 4.78 is 14.8. The number of hydrogen-bond donors (Lipinski definition) is 0. The Morgan fingerprint density at radius 2 is 1.71 bits per heavy atom. The fourth-order valence-electron chi connectivity index (χ4n) is 1.97. The van der Waals surface area contributed by atoms with Crippen molar-refractivity contribution in [2.45, 2.75) is 0 Å². The van der Waals surface area contributed by atoms with E-state index < -0.39 is 0 Å². The molecule has 3 heteroatoms. The van der Waals surface area contributed by atoms with Crippen LogP contribution in [0.5, 0.6) is 0 Å². The van der Waals surface area contributed by atoms with E-state index in [1.54, 1.807) is 12.1 Å². The van der Waals surface area contributed by atoms with E-state index in [2.05, 4.69) is 0 Å². The van der Waals surface area contributed by atoms with Gasteiger partial charge in [-0.15, -0.1) is 0 Å². The summed E-state index contributed by atoms with van der Waals surface area (Å²) in [5, 5.41) is 1.76. The average Bonchev–Trinajstić information content (AvgIpc) is 2.75. The molecule has 1 aromatic heterocycles. The van der Waals surface area contributed by atoms with E-state index in [0.717, 1.165) is 16.6 Å². The highest BCUT2D eigenvalue weighted by atomic mass is 35.5. The van der Waals surface area contributed by atoms with Crippen LogP contribution < -0.4 is 0 Å². The Kier molecular flexibility index (Phi) is 2.37. The lowest BCUT2D eigenvalue weighted by atomic mass is 10.2. The maximum absolute atomic E-state index is 12.9. The molecule has 0 aliphatic rings. The zero-order valence-electron chi connectivity index (χ0n) is 8.90. The predicted octanol–water partition coefficient (Wildman–Crippen LogP) is 4.42. The Hall–Kier alpha value is -1.80. The molecule has 1 nitrogen and oxygen atoms in total. The lowest BCUT2D eigenvalue weighted by Gasteiger charge is -2.06. The first-order valence-corrected chi connectivity index (χ1v) is 5.65. The SMILES string of the molecule is Fc1ccc(-n2ccc3cccc(Cl)c32)cc1. The van der Waals surface area contributed by atoms with Gasteiger partial charge in [0.15, 0.2) is 0 Å². The lowest BCUT2D eigenvalue weighted by molar-refractivity contribution is 0.627. The molecule has 0 fully saturated rings. The minimum Gasteiger partial charge on any atom is -0.315 e. The highest BCUT2D eigenvalue weighted by Gasteiger charge is 2.06. The van der Waals surface area contributed by atoms with E-state index in [-0.39, 0.29) is 5.82 Å². The van der Waals surface area contributed by atoms with Crippen LogP contribution in [0.2, 0.25) is 5.02 Å². The van der Waals surface area contributed by atoms with Crippen molar-refractivity contribution < 1.29 is 4.39 Å². The molecule has 0 amide bonds. The first-order valence-electron chi connectivity index (χ1n) is 5.27. The highest BCUT2D eigenvalue weighted by molar-refractivity contribution is 6.35. The summed E-state index contributed by atoms with van der Waals surface area (Å²) in [6.07, 6.45) is 1.93. The van der Waals surface area contributed by atoms with Crippen molar-refractivity contribution >= 4 is 22.5 Å². The number of fused-ring (bicyclic) bond motifs is 1. The Morgan fingerprint density at radius 1 is 0.941 bits per heavy atom. The van der Waals surface area contributed by atoms with E-state index in [4.69, 9.17) is 11.6 Å². The van der Waals surface area contributed by atoms with Crippen molar-refractivity contribution in [3.8, 4) is 5.69 Å². The summed E-state index contributed by atoms with van der Waals surface area (Å²) >= 11 is 6.19. The molecular weight excluding hydrogens is 237 g/mol. The molecule has 0 saturated carbocycles. The first-order chi connectivity index (χ1) is 8.25. The number of rotatable bonds is 1. The number of benzene rings is 2. The van der Waals surface area contributed by atoms with Crippen LogP contribution in [0, 0.1) is 5.82 Å². The van der Waals surface area contributed by atoms with Crippen LogP contribution in [0.1, 0.15) is 0 Å². The lowest BCUT2D eigenvalue weighted by Crippen LogP contribution is -1.92. The molecule has 0 N–H and O–H groups in total. The number of halogens is 2. The summed E-state index contributed by atoms with van der Waals surface area (Å²) in [7, 11) is 0. The third kappa shape index (κ3) is 1.71. The minimum absolute atomic E-state index is 0.240. The van der Waals surface area contributed by atoms with Gasteiger partial charge in [0.05, 0.1) is 10.5 Å². The van der Waals surface area contributed by atoms with Gasteiger partial charge in [-0.2, -0.15) is 0 Å². The van der Waals surface area contributed by atoms with Gasteiger partial charge in [0, 0.05) is 17.3 Å². The maximum atomic E-state index is 12.9. The number of para-hydroxylation sites is 1. The van der Waals surface area contributed by atoms with Gasteiger partial charge in [-0.3, -0.25) is 0 Å². The van der Waals surface area contributed by atoms with Crippen LogP contribution in [-0.4, -0.2) is 4.57 Å². The Morgan fingerprint density at radius 3 is 2.47 bits per heavy atom. The van der Waals surface area contributed by atoms with Crippen LogP contribution >= 0.6 is 11.6 Å². The van der Waals surface area contributed by atoms with Crippen LogP contribution in [0.15, 0.2) is 54.7 Å². The topological polar surface area (TPSA) is 4.93 Å². The van der Waals surface area contributed by atoms with Crippen molar-refractivity contribution in [1.29, 1.82) is 0 Å². The molecule has 0 aliphatic heterocycles. The monoisotopic (exact) mass is 245 g/mol. The summed E-state index contributed by atoms with van der Waals surface area (Å²) in [4.78, 5) is 0. The predicted molar refractivity (Wildman–Crippen MR) is 68.2 cm³/mol. The molecule has 2 aromatic carbocycles. The molecule has 0 unspecified atom stereocenters. The number of nitrogens with zero attached hydrogens (tertiary/aromatic N) is 1. The Bertz CT molecular complexity index is 670. The maximum Gasteiger partial charge on any atom is 0.123 e. The van der Waals surface area contributed by atoms with Crippen molar-refractivity contribution in [3.63, 3.8) is 0 Å². The average molecular weight is 246 g/mol. The van der Waals surface area contributed by atoms with Gasteiger partial charge < -0.3 is 4.57 Å². The van der Waals surface area contributed by atoms with Crippen LogP contribution in [-0.2, 0) is 0 Å². The second kappa shape index (κ2) is 3.90. The molecule has 84 valence electrons. The van der Waals surface area contributed by atoms with E-state index in [1.807, 2.05) is 35.0 Å². The van der Waals surface area contributed by atoms with Crippen molar-refractivity contribution in [2.75, 3.05) is 0 Å². The van der Waals surface area contributed by atoms with Gasteiger partial charge >= 0.3 is 0 Å². The minimum atomic E-state index is -0.240. The van der Waals surface area contributed by atoms with Gasteiger partial charge in [0.1, 0.15) is 5.82 Å². The van der Waals surface area contributed by atoms with Crippen LogP contribution in [0.4, 0.5) is 4.39 Å². The van der Waals surface area contributed by atoms with Crippen LogP contribution in [0.25, 0.3) is 16.6 Å². The summed E-state index contributed by atoms with van der Waals surface area (Å²) in [5.74, 6) is -0.240. The fraction of sp³-hybridized carbons (Fsp3) is 0.